The minimum Gasteiger partial charge on any atom is -0.488 e. The number of benzene rings is 1. The molecule has 1 aliphatic rings. The highest BCUT2D eigenvalue weighted by Crippen LogP contribution is 2.40. The Bertz CT molecular complexity index is 888. The maximum Gasteiger partial charge on any atom is 0.130 e. The fraction of sp³-hybridized carbons (Fsp3) is 0.389. The summed E-state index contributed by atoms with van der Waals surface area (Å²) in [5.74, 6) is 1.61. The largest absolute Gasteiger partial charge is 0.488 e. The summed E-state index contributed by atoms with van der Waals surface area (Å²) < 4.78 is 11.1. The predicted octanol–water partition coefficient (Wildman–Crippen LogP) is 3.01. The maximum atomic E-state index is 6.07. The van der Waals surface area contributed by atoms with Gasteiger partial charge in [-0.1, -0.05) is 0 Å². The summed E-state index contributed by atoms with van der Waals surface area (Å²) in [5, 5.41) is 11.7. The number of H-pyrrole nitrogens is 1. The fourth-order valence-electron chi connectivity index (χ4n) is 2.68. The Morgan fingerprint density at radius 1 is 1.24 bits per heavy atom. The predicted molar refractivity (Wildman–Crippen MR) is 95.8 cm³/mol. The zero-order valence-corrected chi connectivity index (χ0v) is 14.4. The standard InChI is InChI=1S/C18H21N5O2/c1-18(5-6-18)25-12-3-4-14-13(9-12)17(23-22-14)15-10-16(21-11-20-15)19-7-8-24-2/h3-4,9-11H,5-8H2,1-2H3,(H,22,23)(H,19,20,21). The van der Waals surface area contributed by atoms with Crippen molar-refractivity contribution in [3.8, 4) is 17.1 Å². The number of rotatable bonds is 7. The van der Waals surface area contributed by atoms with Crippen molar-refractivity contribution in [1.82, 2.24) is 20.2 Å². The maximum absolute atomic E-state index is 6.07. The number of aromatic nitrogens is 4. The molecule has 0 saturated heterocycles. The number of hydrogen-bond acceptors (Lipinski definition) is 6. The van der Waals surface area contributed by atoms with Crippen molar-refractivity contribution in [3.63, 3.8) is 0 Å². The Balaban J connectivity index is 1.64. The van der Waals surface area contributed by atoms with Crippen molar-refractivity contribution >= 4 is 16.7 Å². The molecule has 25 heavy (non-hydrogen) atoms. The Morgan fingerprint density at radius 3 is 2.92 bits per heavy atom. The third-order valence-corrected chi connectivity index (χ3v) is 4.37. The molecule has 0 unspecified atom stereocenters. The summed E-state index contributed by atoms with van der Waals surface area (Å²) >= 11 is 0. The fourth-order valence-corrected chi connectivity index (χ4v) is 2.68. The summed E-state index contributed by atoms with van der Waals surface area (Å²) in [5.41, 5.74) is 2.50. The van der Waals surface area contributed by atoms with Crippen LogP contribution in [-0.2, 0) is 4.74 Å². The first-order valence-corrected chi connectivity index (χ1v) is 8.39. The number of fused-ring (bicyclic) bond motifs is 1. The second kappa shape index (κ2) is 6.33. The van der Waals surface area contributed by atoms with E-state index in [1.807, 2.05) is 24.3 Å². The average molecular weight is 339 g/mol. The minimum atomic E-state index is -0.00900. The smallest absolute Gasteiger partial charge is 0.130 e. The van der Waals surface area contributed by atoms with Crippen LogP contribution < -0.4 is 10.1 Å². The van der Waals surface area contributed by atoms with Gasteiger partial charge in [-0.15, -0.1) is 0 Å². The average Bonchev–Trinajstić information content (AvgIpc) is 3.19. The Hall–Kier alpha value is -2.67. The van der Waals surface area contributed by atoms with Crippen LogP contribution in [0.3, 0.4) is 0 Å². The monoisotopic (exact) mass is 339 g/mol. The van der Waals surface area contributed by atoms with Crippen LogP contribution in [0.4, 0.5) is 5.82 Å². The number of nitrogens with zero attached hydrogens (tertiary/aromatic N) is 3. The van der Waals surface area contributed by atoms with E-state index >= 15 is 0 Å². The molecule has 0 amide bonds. The zero-order chi connectivity index (χ0) is 17.3. The molecular weight excluding hydrogens is 318 g/mol. The van der Waals surface area contributed by atoms with Crippen LogP contribution in [0.2, 0.25) is 0 Å². The molecule has 7 heteroatoms. The van der Waals surface area contributed by atoms with Gasteiger partial charge < -0.3 is 14.8 Å². The molecule has 130 valence electrons. The summed E-state index contributed by atoms with van der Waals surface area (Å²) in [6, 6.07) is 7.89. The van der Waals surface area contributed by atoms with Gasteiger partial charge in [-0.25, -0.2) is 9.97 Å². The van der Waals surface area contributed by atoms with E-state index in [1.165, 1.54) is 6.33 Å². The van der Waals surface area contributed by atoms with Crippen LogP contribution in [-0.4, -0.2) is 46.0 Å². The minimum absolute atomic E-state index is 0.00900. The second-order valence-corrected chi connectivity index (χ2v) is 6.54. The van der Waals surface area contributed by atoms with E-state index in [2.05, 4.69) is 32.4 Å². The first kappa shape index (κ1) is 15.8. The highest BCUT2D eigenvalue weighted by Gasteiger charge is 2.40. The molecule has 0 aliphatic heterocycles. The quantitative estimate of drug-likeness (QED) is 0.644. The van der Waals surface area contributed by atoms with Crippen LogP contribution in [0.15, 0.2) is 30.6 Å². The molecule has 7 nitrogen and oxygen atoms in total. The molecule has 1 aliphatic carbocycles. The number of anilines is 1. The van der Waals surface area contributed by atoms with Crippen molar-refractivity contribution in [1.29, 1.82) is 0 Å². The van der Waals surface area contributed by atoms with Crippen LogP contribution in [0.25, 0.3) is 22.3 Å². The topological polar surface area (TPSA) is 85.0 Å². The first-order valence-electron chi connectivity index (χ1n) is 8.39. The number of hydrogen-bond donors (Lipinski definition) is 2. The lowest BCUT2D eigenvalue weighted by atomic mass is 10.1. The lowest BCUT2D eigenvalue weighted by Gasteiger charge is -2.12. The van der Waals surface area contributed by atoms with Gasteiger partial charge in [0.2, 0.25) is 0 Å². The molecule has 2 N–H and O–H groups in total. The van der Waals surface area contributed by atoms with E-state index in [9.17, 15) is 0 Å². The second-order valence-electron chi connectivity index (χ2n) is 6.54. The lowest BCUT2D eigenvalue weighted by Crippen LogP contribution is -2.11. The highest BCUT2D eigenvalue weighted by molar-refractivity contribution is 5.93. The highest BCUT2D eigenvalue weighted by atomic mass is 16.5. The Labute approximate surface area is 145 Å². The molecule has 2 aromatic heterocycles. The van der Waals surface area contributed by atoms with Gasteiger partial charge in [-0.3, -0.25) is 5.10 Å². The van der Waals surface area contributed by atoms with Crippen LogP contribution in [0, 0.1) is 0 Å². The van der Waals surface area contributed by atoms with Crippen LogP contribution >= 0.6 is 0 Å². The van der Waals surface area contributed by atoms with Crippen LogP contribution in [0.5, 0.6) is 5.75 Å². The molecule has 2 heterocycles. The van der Waals surface area contributed by atoms with Crippen molar-refractivity contribution in [2.75, 3.05) is 25.6 Å². The SMILES string of the molecule is COCCNc1cc(-c2n[nH]c3ccc(OC4(C)CC4)cc23)ncn1. The Morgan fingerprint density at radius 2 is 2.12 bits per heavy atom. The molecule has 0 radical (unpaired) electrons. The van der Waals surface area contributed by atoms with Gasteiger partial charge in [-0.2, -0.15) is 5.10 Å². The molecule has 1 aromatic carbocycles. The molecule has 4 rings (SSSR count). The lowest BCUT2D eigenvalue weighted by molar-refractivity contribution is 0.200. The third-order valence-electron chi connectivity index (χ3n) is 4.37. The van der Waals surface area contributed by atoms with Gasteiger partial charge in [0.1, 0.15) is 29.2 Å². The third kappa shape index (κ3) is 3.41. The van der Waals surface area contributed by atoms with Crippen molar-refractivity contribution in [2.24, 2.45) is 0 Å². The van der Waals surface area contributed by atoms with E-state index in [0.29, 0.717) is 13.2 Å². The molecule has 0 bridgehead atoms. The van der Waals surface area contributed by atoms with Gasteiger partial charge in [0.25, 0.3) is 0 Å². The number of aromatic amines is 1. The molecule has 1 fully saturated rings. The van der Waals surface area contributed by atoms with E-state index in [4.69, 9.17) is 9.47 Å². The molecule has 1 saturated carbocycles. The number of ether oxygens (including phenoxy) is 2. The summed E-state index contributed by atoms with van der Waals surface area (Å²) in [6.45, 7) is 3.44. The van der Waals surface area contributed by atoms with Crippen molar-refractivity contribution < 1.29 is 9.47 Å². The van der Waals surface area contributed by atoms with E-state index in [1.54, 1.807) is 7.11 Å². The normalized spacial score (nSPS) is 15.3. The van der Waals surface area contributed by atoms with Gasteiger partial charge in [0, 0.05) is 25.1 Å². The van der Waals surface area contributed by atoms with Gasteiger partial charge in [0.15, 0.2) is 0 Å². The summed E-state index contributed by atoms with van der Waals surface area (Å²) in [6.07, 6.45) is 3.74. The van der Waals surface area contributed by atoms with Gasteiger partial charge in [0.05, 0.1) is 17.8 Å². The van der Waals surface area contributed by atoms with Crippen molar-refractivity contribution in [3.05, 3.63) is 30.6 Å². The molecular formula is C18H21N5O2. The van der Waals surface area contributed by atoms with Crippen LogP contribution in [0.1, 0.15) is 19.8 Å². The molecule has 3 aromatic rings. The van der Waals surface area contributed by atoms with E-state index < -0.39 is 0 Å². The van der Waals surface area contributed by atoms with E-state index in [0.717, 1.165) is 46.7 Å². The van der Waals surface area contributed by atoms with Gasteiger partial charge in [-0.05, 0) is 38.0 Å². The molecule has 0 spiro atoms. The summed E-state index contributed by atoms with van der Waals surface area (Å²) in [7, 11) is 1.67. The number of nitrogens with one attached hydrogen (secondary N) is 2. The number of methoxy groups -OCH3 is 1. The molecule has 0 atom stereocenters. The summed E-state index contributed by atoms with van der Waals surface area (Å²) in [4.78, 5) is 8.61. The van der Waals surface area contributed by atoms with Crippen molar-refractivity contribution in [2.45, 2.75) is 25.4 Å². The zero-order valence-electron chi connectivity index (χ0n) is 14.4. The first-order chi connectivity index (χ1) is 12.2. The van der Waals surface area contributed by atoms with E-state index in [-0.39, 0.29) is 5.60 Å². The van der Waals surface area contributed by atoms with Gasteiger partial charge >= 0.3 is 0 Å². The Kier molecular flexibility index (Phi) is 4.01.